The highest BCUT2D eigenvalue weighted by molar-refractivity contribution is 14.1. The van der Waals surface area contributed by atoms with Crippen LogP contribution in [0.1, 0.15) is 5.56 Å². The summed E-state index contributed by atoms with van der Waals surface area (Å²) in [4.78, 5) is 14.7. The molecule has 0 aliphatic carbocycles. The molecular formula is C8H5IN2O2S. The van der Waals surface area contributed by atoms with Crippen molar-refractivity contribution in [1.82, 2.24) is 4.98 Å². The average molecular weight is 320 g/mol. The van der Waals surface area contributed by atoms with Crippen molar-refractivity contribution in [3.63, 3.8) is 0 Å². The first-order valence-electron chi connectivity index (χ1n) is 3.79. The smallest absolute Gasteiger partial charge is 0.258 e. The van der Waals surface area contributed by atoms with Crippen LogP contribution in [0.2, 0.25) is 0 Å². The van der Waals surface area contributed by atoms with Crippen molar-refractivity contribution in [2.45, 2.75) is 6.92 Å². The van der Waals surface area contributed by atoms with Gasteiger partial charge in [0.05, 0.1) is 10.4 Å². The fraction of sp³-hybridized carbons (Fsp3) is 0.125. The van der Waals surface area contributed by atoms with Crippen molar-refractivity contribution in [3.8, 4) is 0 Å². The fourth-order valence-electron chi connectivity index (χ4n) is 1.28. The molecule has 14 heavy (non-hydrogen) atoms. The van der Waals surface area contributed by atoms with Crippen molar-refractivity contribution in [2.24, 2.45) is 0 Å². The van der Waals surface area contributed by atoms with Gasteiger partial charge in [0.15, 0.2) is 3.01 Å². The molecule has 6 heteroatoms. The Morgan fingerprint density at radius 3 is 2.93 bits per heavy atom. The van der Waals surface area contributed by atoms with Crippen LogP contribution in [0, 0.1) is 20.1 Å². The fourth-order valence-corrected chi connectivity index (χ4v) is 3.06. The lowest BCUT2D eigenvalue weighted by Gasteiger charge is -1.96. The monoisotopic (exact) mass is 320 g/mol. The molecule has 0 aliphatic heterocycles. The predicted molar refractivity (Wildman–Crippen MR) is 63.7 cm³/mol. The number of nitro benzene ring substituents is 1. The topological polar surface area (TPSA) is 56.0 Å². The van der Waals surface area contributed by atoms with E-state index in [-0.39, 0.29) is 10.6 Å². The van der Waals surface area contributed by atoms with Crippen LogP contribution >= 0.6 is 33.9 Å². The molecule has 4 nitrogen and oxygen atoms in total. The van der Waals surface area contributed by atoms with E-state index in [2.05, 4.69) is 27.6 Å². The zero-order valence-electron chi connectivity index (χ0n) is 7.15. The second kappa shape index (κ2) is 3.43. The van der Waals surface area contributed by atoms with E-state index in [4.69, 9.17) is 0 Å². The predicted octanol–water partition coefficient (Wildman–Crippen LogP) is 3.12. The Balaban J connectivity index is 2.88. The molecule has 0 spiro atoms. The first-order chi connectivity index (χ1) is 6.59. The third-order valence-electron chi connectivity index (χ3n) is 1.89. The van der Waals surface area contributed by atoms with Crippen LogP contribution in [0.4, 0.5) is 5.69 Å². The van der Waals surface area contributed by atoms with E-state index in [1.54, 1.807) is 13.0 Å². The Morgan fingerprint density at radius 1 is 1.57 bits per heavy atom. The van der Waals surface area contributed by atoms with Gasteiger partial charge in [-0.2, -0.15) is 0 Å². The molecule has 0 saturated heterocycles. The summed E-state index contributed by atoms with van der Waals surface area (Å²) in [6.45, 7) is 1.74. The number of aryl methyl sites for hydroxylation is 1. The first kappa shape index (κ1) is 9.78. The van der Waals surface area contributed by atoms with Gasteiger partial charge in [0.2, 0.25) is 0 Å². The SMILES string of the molecule is Cc1ccc2nc(I)sc2c1[N+](=O)[O-]. The van der Waals surface area contributed by atoms with Crippen molar-refractivity contribution in [3.05, 3.63) is 30.8 Å². The molecule has 0 radical (unpaired) electrons. The van der Waals surface area contributed by atoms with Gasteiger partial charge in [-0.05, 0) is 35.6 Å². The van der Waals surface area contributed by atoms with E-state index < -0.39 is 0 Å². The molecule has 2 aromatic rings. The minimum Gasteiger partial charge on any atom is -0.258 e. The van der Waals surface area contributed by atoms with Crippen molar-refractivity contribution >= 4 is 49.8 Å². The molecule has 2 rings (SSSR count). The molecule has 1 heterocycles. The molecule has 0 fully saturated rings. The molecule has 0 saturated carbocycles. The molecule has 0 amide bonds. The van der Waals surface area contributed by atoms with Crippen molar-refractivity contribution in [2.75, 3.05) is 0 Å². The lowest BCUT2D eigenvalue weighted by Crippen LogP contribution is -1.91. The van der Waals surface area contributed by atoms with Crippen LogP contribution in [-0.4, -0.2) is 9.91 Å². The summed E-state index contributed by atoms with van der Waals surface area (Å²) in [5, 5.41) is 10.8. The molecule has 0 unspecified atom stereocenters. The molecule has 1 aromatic heterocycles. The zero-order chi connectivity index (χ0) is 10.3. The number of fused-ring (bicyclic) bond motifs is 1. The van der Waals surface area contributed by atoms with Crippen molar-refractivity contribution in [1.29, 1.82) is 0 Å². The highest BCUT2D eigenvalue weighted by atomic mass is 127. The largest absolute Gasteiger partial charge is 0.291 e. The van der Waals surface area contributed by atoms with E-state index in [0.29, 0.717) is 15.8 Å². The van der Waals surface area contributed by atoms with Crippen LogP contribution < -0.4 is 0 Å². The first-order valence-corrected chi connectivity index (χ1v) is 5.69. The maximum absolute atomic E-state index is 10.8. The standard InChI is InChI=1S/C8H5IN2O2S/c1-4-2-3-5-7(6(4)11(12)13)14-8(9)10-5/h2-3H,1H3. The van der Waals surface area contributed by atoms with E-state index in [9.17, 15) is 10.1 Å². The zero-order valence-corrected chi connectivity index (χ0v) is 10.1. The van der Waals surface area contributed by atoms with Gasteiger partial charge in [0.25, 0.3) is 5.69 Å². The third kappa shape index (κ3) is 1.48. The minimum atomic E-state index is -0.341. The normalized spacial score (nSPS) is 10.7. The van der Waals surface area contributed by atoms with Gasteiger partial charge in [-0.15, -0.1) is 11.3 Å². The van der Waals surface area contributed by atoms with E-state index in [0.717, 1.165) is 3.01 Å². The second-order valence-electron chi connectivity index (χ2n) is 2.80. The quantitative estimate of drug-likeness (QED) is 0.461. The Morgan fingerprint density at radius 2 is 2.29 bits per heavy atom. The van der Waals surface area contributed by atoms with Crippen LogP contribution in [0.25, 0.3) is 10.2 Å². The summed E-state index contributed by atoms with van der Waals surface area (Å²) >= 11 is 3.42. The Bertz CT molecular complexity index is 523. The summed E-state index contributed by atoms with van der Waals surface area (Å²) in [6.07, 6.45) is 0. The number of hydrogen-bond acceptors (Lipinski definition) is 4. The summed E-state index contributed by atoms with van der Waals surface area (Å²) in [5.74, 6) is 0. The summed E-state index contributed by atoms with van der Waals surface area (Å²) in [6, 6.07) is 3.55. The maximum atomic E-state index is 10.8. The molecule has 1 aromatic carbocycles. The van der Waals surface area contributed by atoms with E-state index in [1.165, 1.54) is 11.3 Å². The number of halogens is 1. The molecular weight excluding hydrogens is 315 g/mol. The average Bonchev–Trinajstić information content (AvgIpc) is 2.43. The molecule has 0 bridgehead atoms. The van der Waals surface area contributed by atoms with Gasteiger partial charge < -0.3 is 0 Å². The summed E-state index contributed by atoms with van der Waals surface area (Å²) < 4.78 is 1.49. The van der Waals surface area contributed by atoms with Gasteiger partial charge in [0.1, 0.15) is 4.70 Å². The van der Waals surface area contributed by atoms with Gasteiger partial charge >= 0.3 is 0 Å². The molecule has 0 atom stereocenters. The maximum Gasteiger partial charge on any atom is 0.291 e. The Hall–Kier alpha value is -0.760. The lowest BCUT2D eigenvalue weighted by molar-refractivity contribution is -0.383. The van der Waals surface area contributed by atoms with Crippen LogP contribution in [-0.2, 0) is 0 Å². The summed E-state index contributed by atoms with van der Waals surface area (Å²) in [5.41, 5.74) is 1.57. The molecule has 72 valence electrons. The Labute approximate surface area is 97.3 Å². The second-order valence-corrected chi connectivity index (χ2v) is 5.56. The van der Waals surface area contributed by atoms with E-state index in [1.807, 2.05) is 6.07 Å². The van der Waals surface area contributed by atoms with Crippen LogP contribution in [0.3, 0.4) is 0 Å². The van der Waals surface area contributed by atoms with Crippen LogP contribution in [0.5, 0.6) is 0 Å². The lowest BCUT2D eigenvalue weighted by atomic mass is 10.2. The Kier molecular flexibility index (Phi) is 2.40. The van der Waals surface area contributed by atoms with Gasteiger partial charge in [-0.1, -0.05) is 6.07 Å². The van der Waals surface area contributed by atoms with Gasteiger partial charge in [-0.3, -0.25) is 10.1 Å². The highest BCUT2D eigenvalue weighted by Gasteiger charge is 2.18. The number of nitrogens with zero attached hydrogens (tertiary/aromatic N) is 2. The number of aromatic nitrogens is 1. The van der Waals surface area contributed by atoms with Gasteiger partial charge in [0, 0.05) is 5.56 Å². The summed E-state index contributed by atoms with van der Waals surface area (Å²) in [7, 11) is 0. The number of hydrogen-bond donors (Lipinski definition) is 0. The van der Waals surface area contributed by atoms with Crippen LogP contribution in [0.15, 0.2) is 12.1 Å². The highest BCUT2D eigenvalue weighted by Crippen LogP contribution is 2.33. The molecule has 0 N–H and O–H groups in total. The number of nitro groups is 1. The molecule has 0 aliphatic rings. The number of benzene rings is 1. The third-order valence-corrected chi connectivity index (χ3v) is 3.66. The van der Waals surface area contributed by atoms with Crippen molar-refractivity contribution < 1.29 is 4.92 Å². The number of thiazole rings is 1. The number of rotatable bonds is 1. The van der Waals surface area contributed by atoms with E-state index >= 15 is 0 Å². The van der Waals surface area contributed by atoms with Gasteiger partial charge in [-0.25, -0.2) is 4.98 Å². The minimum absolute atomic E-state index is 0.183.